The van der Waals surface area contributed by atoms with Crippen molar-refractivity contribution < 1.29 is 19.5 Å². The van der Waals surface area contributed by atoms with E-state index in [1.54, 1.807) is 34.0 Å². The third-order valence-electron chi connectivity index (χ3n) is 10.0. The average molecular weight is 856 g/mol. The number of pyridine rings is 1. The lowest BCUT2D eigenvalue weighted by Crippen LogP contribution is -2.54. The number of fused-ring (bicyclic) bond motifs is 1. The molecule has 53 heavy (non-hydrogen) atoms. The van der Waals surface area contributed by atoms with Crippen LogP contribution >= 0.6 is 31.9 Å². The Hall–Kier alpha value is -4.41. The van der Waals surface area contributed by atoms with Crippen molar-refractivity contribution in [2.24, 2.45) is 5.73 Å². The maximum Gasteiger partial charge on any atom is 0.326 e. The molecule has 2 saturated heterocycles. The van der Waals surface area contributed by atoms with Crippen molar-refractivity contribution in [3.8, 4) is 5.75 Å². The number of likely N-dealkylation sites (tertiary alicyclic amines) is 1. The van der Waals surface area contributed by atoms with Gasteiger partial charge in [0.25, 0.3) is 0 Å². The number of nitrogens with one attached hydrogen (secondary N) is 3. The standard InChI is InChI=1S/C37H45Br2N9O5/c38-27-21-24(22-28(39)33(27)49)23-31(44-36(52)47-15-10-26(11-16-47)48-32-7-2-1-6-30(32)43-37(48)53)34(50)42-12-4-3-5-29(40)35(51)46-19-17-45(18-20-46)25-8-13-41-14-9-25/h1-2,6-9,13-14,21-22,26,29,31,49H,3-5,10-12,15-20,23,40H2,(H,42,50)(H,43,53)(H,44,52)/t29-,31+/m0/s1. The molecule has 0 bridgehead atoms. The number of phenolic OH excluding ortho intramolecular Hbond substituents is 1. The Kier molecular flexibility index (Phi) is 12.7. The lowest BCUT2D eigenvalue weighted by atomic mass is 10.0. The fraction of sp³-hybridized carbons (Fsp3) is 0.432. The molecule has 2 aliphatic rings. The molecular weight excluding hydrogens is 810 g/mol. The molecule has 16 heteroatoms. The van der Waals surface area contributed by atoms with Crippen LogP contribution in [0.5, 0.6) is 5.75 Å². The number of aromatic amines is 1. The summed E-state index contributed by atoms with van der Waals surface area (Å²) in [5, 5.41) is 16.1. The van der Waals surface area contributed by atoms with E-state index in [0.29, 0.717) is 73.8 Å². The molecule has 14 nitrogen and oxygen atoms in total. The van der Waals surface area contributed by atoms with Crippen LogP contribution in [0.4, 0.5) is 10.5 Å². The van der Waals surface area contributed by atoms with Gasteiger partial charge < -0.3 is 41.2 Å². The van der Waals surface area contributed by atoms with Crippen LogP contribution in [0.3, 0.4) is 0 Å². The number of piperidine rings is 1. The summed E-state index contributed by atoms with van der Waals surface area (Å²) in [4.78, 5) is 65.6. The molecule has 6 N–H and O–H groups in total. The minimum Gasteiger partial charge on any atom is -0.506 e. The Morgan fingerprint density at radius 3 is 2.32 bits per heavy atom. The molecule has 0 unspecified atom stereocenters. The SMILES string of the molecule is N[C@@H](CCCCNC(=O)[C@@H](Cc1cc(Br)c(O)c(Br)c1)NC(=O)N1CCC(n2c(=O)[nH]c3ccccc32)CC1)C(=O)N1CCN(c2ccncc2)CC1. The minimum absolute atomic E-state index is 0.0415. The lowest BCUT2D eigenvalue weighted by Gasteiger charge is -2.37. The number of hydrogen-bond acceptors (Lipinski definition) is 8. The van der Waals surface area contributed by atoms with Gasteiger partial charge in [-0.3, -0.25) is 19.1 Å². The van der Waals surface area contributed by atoms with Crippen molar-refractivity contribution in [1.29, 1.82) is 0 Å². The number of nitrogens with two attached hydrogens (primary N) is 1. The molecular formula is C37H45Br2N9O5. The number of rotatable bonds is 12. The molecule has 6 rings (SSSR count). The zero-order valence-corrected chi connectivity index (χ0v) is 32.5. The summed E-state index contributed by atoms with van der Waals surface area (Å²) in [7, 11) is 0. The summed E-state index contributed by atoms with van der Waals surface area (Å²) in [5.41, 5.74) is 9.57. The lowest BCUT2D eigenvalue weighted by molar-refractivity contribution is -0.133. The molecule has 2 fully saturated rings. The molecule has 0 radical (unpaired) electrons. The number of H-pyrrole nitrogens is 1. The molecule has 282 valence electrons. The quantitative estimate of drug-likeness (QED) is 0.133. The van der Waals surface area contributed by atoms with Crippen LogP contribution < -0.4 is 27.0 Å². The second-order valence-corrected chi connectivity index (χ2v) is 15.3. The van der Waals surface area contributed by atoms with Crippen molar-refractivity contribution in [2.75, 3.05) is 50.7 Å². The number of urea groups is 1. The smallest absolute Gasteiger partial charge is 0.326 e. The van der Waals surface area contributed by atoms with Crippen molar-refractivity contribution in [3.63, 3.8) is 0 Å². The Bertz CT molecular complexity index is 1930. The molecule has 4 aromatic rings. The zero-order chi connectivity index (χ0) is 37.5. The average Bonchev–Trinajstić information content (AvgIpc) is 3.52. The molecule has 2 aromatic heterocycles. The molecule has 0 spiro atoms. The largest absolute Gasteiger partial charge is 0.506 e. The van der Waals surface area contributed by atoms with E-state index >= 15 is 0 Å². The summed E-state index contributed by atoms with van der Waals surface area (Å²) in [6, 6.07) is 13.0. The topological polar surface area (TPSA) is 182 Å². The highest BCUT2D eigenvalue weighted by Gasteiger charge is 2.30. The molecule has 4 amide bonds. The van der Waals surface area contributed by atoms with Gasteiger partial charge in [-0.2, -0.15) is 0 Å². The normalized spacial score (nSPS) is 16.4. The van der Waals surface area contributed by atoms with Crippen LogP contribution in [0.2, 0.25) is 0 Å². The van der Waals surface area contributed by atoms with Gasteiger partial charge in [0, 0.05) is 76.4 Å². The van der Waals surface area contributed by atoms with Crippen LogP contribution in [0.25, 0.3) is 11.0 Å². The number of carbonyl (C=O) groups is 3. The van der Waals surface area contributed by atoms with Crippen molar-refractivity contribution in [1.82, 2.24) is 35.0 Å². The first-order valence-electron chi connectivity index (χ1n) is 18.0. The van der Waals surface area contributed by atoms with Crippen LogP contribution in [0, 0.1) is 0 Å². The predicted molar refractivity (Wildman–Crippen MR) is 210 cm³/mol. The van der Waals surface area contributed by atoms with E-state index in [1.165, 1.54) is 0 Å². The molecule has 2 atom stereocenters. The van der Waals surface area contributed by atoms with E-state index in [0.717, 1.165) is 35.4 Å². The maximum atomic E-state index is 13.6. The second kappa shape index (κ2) is 17.6. The summed E-state index contributed by atoms with van der Waals surface area (Å²) in [6.45, 7) is 3.87. The highest BCUT2D eigenvalue weighted by molar-refractivity contribution is 9.11. The first kappa shape index (κ1) is 38.3. The van der Waals surface area contributed by atoms with Crippen molar-refractivity contribution in [3.05, 3.63) is 85.9 Å². The monoisotopic (exact) mass is 853 g/mol. The first-order chi connectivity index (χ1) is 25.6. The molecule has 0 aliphatic carbocycles. The number of amides is 4. The summed E-state index contributed by atoms with van der Waals surface area (Å²) >= 11 is 6.71. The number of para-hydroxylation sites is 2. The van der Waals surface area contributed by atoms with E-state index in [-0.39, 0.29) is 41.7 Å². The number of imidazole rings is 1. The van der Waals surface area contributed by atoms with E-state index in [2.05, 4.69) is 57.4 Å². The Balaban J connectivity index is 0.992. The van der Waals surface area contributed by atoms with Crippen LogP contribution in [-0.4, -0.2) is 105 Å². The van der Waals surface area contributed by atoms with Crippen LogP contribution in [0.15, 0.2) is 74.7 Å². The fourth-order valence-electron chi connectivity index (χ4n) is 7.11. The molecule has 2 aromatic carbocycles. The number of anilines is 1. The summed E-state index contributed by atoms with van der Waals surface area (Å²) in [5.74, 6) is -0.360. The van der Waals surface area contributed by atoms with Gasteiger partial charge >= 0.3 is 11.7 Å². The highest BCUT2D eigenvalue weighted by Crippen LogP contribution is 2.34. The molecule has 0 saturated carbocycles. The van der Waals surface area contributed by atoms with Gasteiger partial charge in [0.1, 0.15) is 11.8 Å². The minimum atomic E-state index is -0.894. The van der Waals surface area contributed by atoms with Gasteiger partial charge in [-0.1, -0.05) is 12.1 Å². The highest BCUT2D eigenvalue weighted by atomic mass is 79.9. The van der Waals surface area contributed by atoms with Gasteiger partial charge in [0.15, 0.2) is 0 Å². The number of phenols is 1. The number of halogens is 2. The fourth-order valence-corrected chi connectivity index (χ4v) is 8.39. The van der Waals surface area contributed by atoms with Crippen molar-refractivity contribution >= 4 is 66.4 Å². The molecule has 4 heterocycles. The second-order valence-electron chi connectivity index (χ2n) is 13.6. The number of benzene rings is 2. The Morgan fingerprint density at radius 1 is 0.943 bits per heavy atom. The number of hydrogen-bond donors (Lipinski definition) is 5. The van der Waals surface area contributed by atoms with Gasteiger partial charge in [-0.25, -0.2) is 9.59 Å². The number of carbonyl (C=O) groups excluding carboxylic acids is 3. The Labute approximate surface area is 324 Å². The molecule has 2 aliphatic heterocycles. The van der Waals surface area contributed by atoms with E-state index in [4.69, 9.17) is 5.73 Å². The van der Waals surface area contributed by atoms with E-state index in [9.17, 15) is 24.3 Å². The number of piperazine rings is 1. The van der Waals surface area contributed by atoms with Crippen LogP contribution in [-0.2, 0) is 16.0 Å². The van der Waals surface area contributed by atoms with E-state index in [1.807, 2.05) is 41.3 Å². The number of aromatic hydroxyl groups is 1. The van der Waals surface area contributed by atoms with Gasteiger partial charge in [0.05, 0.1) is 26.0 Å². The van der Waals surface area contributed by atoms with Crippen molar-refractivity contribution in [2.45, 2.75) is 56.7 Å². The van der Waals surface area contributed by atoms with E-state index < -0.39 is 12.1 Å². The van der Waals surface area contributed by atoms with Gasteiger partial charge in [0.2, 0.25) is 11.8 Å². The number of unbranched alkanes of at least 4 members (excludes halogenated alkanes) is 1. The third kappa shape index (κ3) is 9.40. The van der Waals surface area contributed by atoms with Gasteiger partial charge in [-0.15, -0.1) is 0 Å². The summed E-state index contributed by atoms with van der Waals surface area (Å²) < 4.78 is 2.70. The maximum absolute atomic E-state index is 13.6. The number of nitrogens with zero attached hydrogens (tertiary/aromatic N) is 5. The van der Waals surface area contributed by atoms with Gasteiger partial charge in [-0.05, 0) is 106 Å². The number of aromatic nitrogens is 3. The zero-order valence-electron chi connectivity index (χ0n) is 29.3. The Morgan fingerprint density at radius 2 is 1.62 bits per heavy atom. The first-order valence-corrected chi connectivity index (χ1v) is 19.6. The predicted octanol–water partition coefficient (Wildman–Crippen LogP) is 3.88. The summed E-state index contributed by atoms with van der Waals surface area (Å²) in [6.07, 6.45) is 6.65. The van der Waals surface area contributed by atoms with Crippen LogP contribution in [0.1, 0.15) is 43.7 Å². The third-order valence-corrected chi connectivity index (χ3v) is 11.3.